The average molecular weight is 305 g/mol. The van der Waals surface area contributed by atoms with Gasteiger partial charge in [-0.2, -0.15) is 13.2 Å². The molecular weight excluding hydrogens is 291 g/mol. The fraction of sp³-hybridized carbons (Fsp3) is 0.417. The van der Waals surface area contributed by atoms with Crippen molar-refractivity contribution in [3.05, 3.63) is 39.4 Å². The Labute approximate surface area is 118 Å². The summed E-state index contributed by atoms with van der Waals surface area (Å²) in [5, 5.41) is 13.7. The number of rotatable bonds is 5. The molecule has 0 radical (unpaired) electrons. The molecule has 0 aromatic heterocycles. The summed E-state index contributed by atoms with van der Waals surface area (Å²) in [6.07, 6.45) is -4.70. The van der Waals surface area contributed by atoms with Gasteiger partial charge in [-0.25, -0.2) is 0 Å². The van der Waals surface area contributed by atoms with Crippen molar-refractivity contribution in [2.75, 3.05) is 27.2 Å². The van der Waals surface area contributed by atoms with Gasteiger partial charge in [0.25, 0.3) is 11.6 Å². The average Bonchev–Trinajstić information content (AvgIpc) is 2.42. The highest BCUT2D eigenvalue weighted by atomic mass is 19.4. The first-order valence-corrected chi connectivity index (χ1v) is 5.94. The SMILES string of the molecule is CNCCN(C)C(=O)c1ccc(C(F)(F)F)cc1[N+](=O)[O-]. The lowest BCUT2D eigenvalue weighted by atomic mass is 10.1. The quantitative estimate of drug-likeness (QED) is 0.666. The van der Waals surface area contributed by atoms with Gasteiger partial charge < -0.3 is 10.2 Å². The Bertz CT molecular complexity index is 546. The summed E-state index contributed by atoms with van der Waals surface area (Å²) in [6.45, 7) is 0.726. The van der Waals surface area contributed by atoms with Crippen molar-refractivity contribution >= 4 is 11.6 Å². The Kier molecular flexibility index (Phi) is 5.25. The summed E-state index contributed by atoms with van der Waals surface area (Å²) >= 11 is 0. The van der Waals surface area contributed by atoms with Crippen LogP contribution in [0.4, 0.5) is 18.9 Å². The number of hydrogen-bond donors (Lipinski definition) is 1. The minimum Gasteiger partial charge on any atom is -0.340 e. The first kappa shape index (κ1) is 16.9. The Morgan fingerprint density at radius 2 is 2.05 bits per heavy atom. The predicted molar refractivity (Wildman–Crippen MR) is 69.0 cm³/mol. The van der Waals surface area contributed by atoms with E-state index in [9.17, 15) is 28.1 Å². The van der Waals surface area contributed by atoms with Crippen molar-refractivity contribution in [1.29, 1.82) is 0 Å². The Balaban J connectivity index is 3.18. The standard InChI is InChI=1S/C12H14F3N3O3/c1-16-5-6-17(2)11(19)9-4-3-8(12(13,14)15)7-10(9)18(20)21/h3-4,7,16H,5-6H2,1-2H3. The lowest BCUT2D eigenvalue weighted by molar-refractivity contribution is -0.385. The summed E-state index contributed by atoms with van der Waals surface area (Å²) in [7, 11) is 3.08. The number of nitrogens with zero attached hydrogens (tertiary/aromatic N) is 2. The maximum atomic E-state index is 12.6. The van der Waals surface area contributed by atoms with Crippen LogP contribution in [-0.4, -0.2) is 42.9 Å². The number of amides is 1. The molecule has 0 fully saturated rings. The molecule has 0 aliphatic rings. The minimum atomic E-state index is -4.70. The highest BCUT2D eigenvalue weighted by molar-refractivity contribution is 5.98. The number of benzene rings is 1. The zero-order valence-electron chi connectivity index (χ0n) is 11.4. The van der Waals surface area contributed by atoms with Crippen LogP contribution in [0, 0.1) is 10.1 Å². The summed E-state index contributed by atoms with van der Waals surface area (Å²) in [6, 6.07) is 1.87. The molecule has 0 atom stereocenters. The number of nitrogens with one attached hydrogen (secondary N) is 1. The molecule has 1 amide bonds. The third kappa shape index (κ3) is 4.15. The van der Waals surface area contributed by atoms with E-state index >= 15 is 0 Å². The largest absolute Gasteiger partial charge is 0.416 e. The third-order valence-electron chi connectivity index (χ3n) is 2.80. The maximum absolute atomic E-state index is 12.6. The van der Waals surface area contributed by atoms with Gasteiger partial charge in [-0.05, 0) is 19.2 Å². The molecule has 0 aliphatic heterocycles. The number of carbonyl (C=O) groups is 1. The second-order valence-electron chi connectivity index (χ2n) is 4.32. The number of alkyl halides is 3. The summed E-state index contributed by atoms with van der Waals surface area (Å²) in [5.41, 5.74) is -2.39. The van der Waals surface area contributed by atoms with Gasteiger partial charge in [0.15, 0.2) is 0 Å². The summed E-state index contributed by atoms with van der Waals surface area (Å²) in [4.78, 5) is 23.2. The Morgan fingerprint density at radius 3 is 2.52 bits per heavy atom. The van der Waals surface area contributed by atoms with Gasteiger partial charge in [0.2, 0.25) is 0 Å². The molecule has 1 N–H and O–H groups in total. The number of nitro benzene ring substituents is 1. The molecule has 0 spiro atoms. The molecule has 9 heteroatoms. The van der Waals surface area contributed by atoms with E-state index in [2.05, 4.69) is 5.32 Å². The van der Waals surface area contributed by atoms with Crippen molar-refractivity contribution in [3.63, 3.8) is 0 Å². The highest BCUT2D eigenvalue weighted by Gasteiger charge is 2.34. The van der Waals surface area contributed by atoms with Crippen molar-refractivity contribution in [2.24, 2.45) is 0 Å². The number of carbonyl (C=O) groups excluding carboxylic acids is 1. The zero-order valence-corrected chi connectivity index (χ0v) is 11.4. The molecule has 1 rings (SSSR count). The maximum Gasteiger partial charge on any atom is 0.416 e. The molecular formula is C12H14F3N3O3. The molecule has 0 aliphatic carbocycles. The molecule has 116 valence electrons. The van der Waals surface area contributed by atoms with Crippen molar-refractivity contribution < 1.29 is 22.9 Å². The van der Waals surface area contributed by atoms with Gasteiger partial charge in [0.05, 0.1) is 10.5 Å². The normalized spacial score (nSPS) is 11.3. The van der Waals surface area contributed by atoms with Crippen LogP contribution < -0.4 is 5.32 Å². The first-order valence-electron chi connectivity index (χ1n) is 5.94. The van der Waals surface area contributed by atoms with Crippen molar-refractivity contribution in [2.45, 2.75) is 6.18 Å². The minimum absolute atomic E-state index is 0.271. The van der Waals surface area contributed by atoms with E-state index < -0.39 is 28.3 Å². The van der Waals surface area contributed by atoms with Gasteiger partial charge in [0, 0.05) is 26.2 Å². The number of likely N-dealkylation sites (N-methyl/N-ethyl adjacent to an activating group) is 2. The van der Waals surface area contributed by atoms with Crippen LogP contribution in [0.3, 0.4) is 0 Å². The van der Waals surface area contributed by atoms with Crippen LogP contribution in [0.25, 0.3) is 0 Å². The van der Waals surface area contributed by atoms with Gasteiger partial charge in [-0.1, -0.05) is 0 Å². The smallest absolute Gasteiger partial charge is 0.340 e. The van der Waals surface area contributed by atoms with E-state index in [0.717, 1.165) is 6.07 Å². The van der Waals surface area contributed by atoms with Crippen LogP contribution in [0.5, 0.6) is 0 Å². The van der Waals surface area contributed by atoms with Gasteiger partial charge in [-0.15, -0.1) is 0 Å². The van der Waals surface area contributed by atoms with Gasteiger partial charge in [-0.3, -0.25) is 14.9 Å². The van der Waals surface area contributed by atoms with Crippen LogP contribution in [-0.2, 0) is 6.18 Å². The van der Waals surface area contributed by atoms with Gasteiger partial charge >= 0.3 is 6.18 Å². The number of hydrogen-bond acceptors (Lipinski definition) is 4. The highest BCUT2D eigenvalue weighted by Crippen LogP contribution is 2.33. The monoisotopic (exact) mass is 305 g/mol. The van der Waals surface area contributed by atoms with E-state index in [-0.39, 0.29) is 12.1 Å². The van der Waals surface area contributed by atoms with Crippen molar-refractivity contribution in [3.8, 4) is 0 Å². The topological polar surface area (TPSA) is 75.5 Å². The zero-order chi connectivity index (χ0) is 16.2. The summed E-state index contributed by atoms with van der Waals surface area (Å²) < 4.78 is 37.7. The Hall–Kier alpha value is -2.16. The molecule has 1 aromatic carbocycles. The molecule has 0 bridgehead atoms. The van der Waals surface area contributed by atoms with Crippen LogP contribution in [0.15, 0.2) is 18.2 Å². The van der Waals surface area contributed by atoms with Crippen LogP contribution >= 0.6 is 0 Å². The predicted octanol–water partition coefficient (Wildman–Crippen LogP) is 1.91. The lowest BCUT2D eigenvalue weighted by Gasteiger charge is -2.17. The van der Waals surface area contributed by atoms with Crippen LogP contribution in [0.2, 0.25) is 0 Å². The van der Waals surface area contributed by atoms with E-state index in [1.807, 2.05) is 0 Å². The van der Waals surface area contributed by atoms with E-state index in [1.165, 1.54) is 11.9 Å². The van der Waals surface area contributed by atoms with Crippen molar-refractivity contribution in [1.82, 2.24) is 10.2 Å². The van der Waals surface area contributed by atoms with E-state index in [4.69, 9.17) is 0 Å². The number of nitro groups is 1. The lowest BCUT2D eigenvalue weighted by Crippen LogP contribution is -2.33. The fourth-order valence-corrected chi connectivity index (χ4v) is 1.63. The van der Waals surface area contributed by atoms with Crippen LogP contribution in [0.1, 0.15) is 15.9 Å². The second kappa shape index (κ2) is 6.53. The molecule has 0 saturated carbocycles. The Morgan fingerprint density at radius 1 is 1.43 bits per heavy atom. The number of halogens is 3. The second-order valence-corrected chi connectivity index (χ2v) is 4.32. The molecule has 1 aromatic rings. The van der Waals surface area contributed by atoms with Gasteiger partial charge in [0.1, 0.15) is 5.56 Å². The molecule has 0 saturated heterocycles. The summed E-state index contributed by atoms with van der Waals surface area (Å²) in [5.74, 6) is -0.703. The third-order valence-corrected chi connectivity index (χ3v) is 2.80. The molecule has 0 heterocycles. The molecule has 6 nitrogen and oxygen atoms in total. The fourth-order valence-electron chi connectivity index (χ4n) is 1.63. The first-order chi connectivity index (χ1) is 9.68. The van der Waals surface area contributed by atoms with E-state index in [1.54, 1.807) is 7.05 Å². The van der Waals surface area contributed by atoms with E-state index in [0.29, 0.717) is 18.7 Å². The molecule has 0 unspecified atom stereocenters. The molecule has 21 heavy (non-hydrogen) atoms.